The molecule has 0 aliphatic heterocycles. The standard InChI is InChI=1S/C16H17ClN2O3S2/c17-14-5-1-4-13(7-14)10-23-11-16(20)19-9-12-3-2-6-15(8-12)24(18,21)22/h1-8H,9-11H2,(H,19,20)(H2,18,21,22). The van der Waals surface area contributed by atoms with Gasteiger partial charge in [-0.25, -0.2) is 13.6 Å². The Morgan fingerprint density at radius 1 is 1.12 bits per heavy atom. The highest BCUT2D eigenvalue weighted by molar-refractivity contribution is 7.99. The van der Waals surface area contributed by atoms with E-state index in [2.05, 4.69) is 5.32 Å². The number of carbonyl (C=O) groups excluding carboxylic acids is 1. The van der Waals surface area contributed by atoms with E-state index in [-0.39, 0.29) is 17.3 Å². The third-order valence-electron chi connectivity index (χ3n) is 3.11. The first-order chi connectivity index (χ1) is 11.3. The molecule has 8 heteroatoms. The average molecular weight is 385 g/mol. The molecule has 2 aromatic carbocycles. The van der Waals surface area contributed by atoms with Gasteiger partial charge >= 0.3 is 0 Å². The minimum Gasteiger partial charge on any atom is -0.351 e. The summed E-state index contributed by atoms with van der Waals surface area (Å²) < 4.78 is 22.6. The number of nitrogens with two attached hydrogens (primary N) is 1. The number of halogens is 1. The maximum atomic E-state index is 11.9. The van der Waals surface area contributed by atoms with Crippen LogP contribution >= 0.6 is 23.4 Å². The van der Waals surface area contributed by atoms with E-state index in [1.165, 1.54) is 23.9 Å². The van der Waals surface area contributed by atoms with E-state index in [9.17, 15) is 13.2 Å². The van der Waals surface area contributed by atoms with E-state index in [1.807, 2.05) is 18.2 Å². The summed E-state index contributed by atoms with van der Waals surface area (Å²) in [6.45, 7) is 0.250. The molecule has 3 N–H and O–H groups in total. The maximum Gasteiger partial charge on any atom is 0.238 e. The molecular weight excluding hydrogens is 368 g/mol. The van der Waals surface area contributed by atoms with Crippen molar-refractivity contribution in [2.24, 2.45) is 5.14 Å². The van der Waals surface area contributed by atoms with Gasteiger partial charge in [0.25, 0.3) is 0 Å². The molecule has 128 valence electrons. The van der Waals surface area contributed by atoms with Crippen molar-refractivity contribution in [1.82, 2.24) is 5.32 Å². The molecule has 2 aromatic rings. The van der Waals surface area contributed by atoms with Crippen molar-refractivity contribution in [3.63, 3.8) is 0 Å². The van der Waals surface area contributed by atoms with Crippen molar-refractivity contribution in [3.05, 3.63) is 64.7 Å². The molecule has 24 heavy (non-hydrogen) atoms. The first kappa shape index (κ1) is 18.8. The van der Waals surface area contributed by atoms with Gasteiger partial charge in [-0.15, -0.1) is 11.8 Å². The van der Waals surface area contributed by atoms with Crippen molar-refractivity contribution >= 4 is 39.3 Å². The fourth-order valence-electron chi connectivity index (χ4n) is 1.97. The third-order valence-corrected chi connectivity index (χ3v) is 5.26. The SMILES string of the molecule is NS(=O)(=O)c1cccc(CNC(=O)CSCc2cccc(Cl)c2)c1. The summed E-state index contributed by atoms with van der Waals surface area (Å²) in [5.74, 6) is 0.874. The molecule has 0 radical (unpaired) electrons. The predicted octanol–water partition coefficient (Wildman–Crippen LogP) is 2.54. The smallest absolute Gasteiger partial charge is 0.238 e. The van der Waals surface area contributed by atoms with Crippen LogP contribution in [0.25, 0.3) is 0 Å². The molecule has 0 saturated heterocycles. The van der Waals surface area contributed by atoms with Crippen molar-refractivity contribution in [3.8, 4) is 0 Å². The van der Waals surface area contributed by atoms with Gasteiger partial charge in [0.05, 0.1) is 10.6 Å². The van der Waals surface area contributed by atoms with Gasteiger partial charge in [0.2, 0.25) is 15.9 Å². The first-order valence-corrected chi connectivity index (χ1v) is 10.1. The fourth-order valence-corrected chi connectivity index (χ4v) is 3.57. The predicted molar refractivity (Wildman–Crippen MR) is 97.3 cm³/mol. The summed E-state index contributed by atoms with van der Waals surface area (Å²) in [6.07, 6.45) is 0. The second kappa shape index (κ2) is 8.53. The lowest BCUT2D eigenvalue weighted by atomic mass is 10.2. The van der Waals surface area contributed by atoms with E-state index in [1.54, 1.807) is 18.2 Å². The van der Waals surface area contributed by atoms with Crippen LogP contribution in [0.4, 0.5) is 0 Å². The Bertz CT molecular complexity index is 826. The second-order valence-corrected chi connectivity index (χ2v) is 8.08. The summed E-state index contributed by atoms with van der Waals surface area (Å²) in [5.41, 5.74) is 1.73. The number of benzene rings is 2. The van der Waals surface area contributed by atoms with Crippen LogP contribution < -0.4 is 10.5 Å². The topological polar surface area (TPSA) is 89.3 Å². The Hall–Kier alpha value is -1.54. The van der Waals surface area contributed by atoms with Gasteiger partial charge < -0.3 is 5.32 Å². The molecular formula is C16H17ClN2O3S2. The minimum absolute atomic E-state index is 0.0320. The van der Waals surface area contributed by atoms with Gasteiger partial charge in [-0.1, -0.05) is 35.9 Å². The highest BCUT2D eigenvalue weighted by Gasteiger charge is 2.08. The summed E-state index contributed by atoms with van der Waals surface area (Å²) >= 11 is 7.39. The monoisotopic (exact) mass is 384 g/mol. The molecule has 0 aliphatic rings. The largest absolute Gasteiger partial charge is 0.351 e. The third kappa shape index (κ3) is 6.16. The van der Waals surface area contributed by atoms with Crippen LogP contribution in [-0.2, 0) is 27.1 Å². The van der Waals surface area contributed by atoms with Gasteiger partial charge in [-0.2, -0.15) is 0 Å². The van der Waals surface area contributed by atoms with E-state index in [4.69, 9.17) is 16.7 Å². The lowest BCUT2D eigenvalue weighted by molar-refractivity contribution is -0.118. The maximum absolute atomic E-state index is 11.9. The molecule has 0 fully saturated rings. The molecule has 0 atom stereocenters. The number of thioether (sulfide) groups is 1. The first-order valence-electron chi connectivity index (χ1n) is 7.05. The number of primary sulfonamides is 1. The van der Waals surface area contributed by atoms with Gasteiger partial charge in [-0.3, -0.25) is 4.79 Å². The van der Waals surface area contributed by atoms with Crippen LogP contribution in [0.1, 0.15) is 11.1 Å². The highest BCUT2D eigenvalue weighted by atomic mass is 35.5. The van der Waals surface area contributed by atoms with Gasteiger partial charge in [0.15, 0.2) is 0 Å². The summed E-state index contributed by atoms with van der Waals surface area (Å²) in [5, 5.41) is 8.51. The Labute approximate surface area is 150 Å². The molecule has 0 heterocycles. The Balaban J connectivity index is 1.79. The molecule has 1 amide bonds. The Morgan fingerprint density at radius 2 is 1.83 bits per heavy atom. The number of sulfonamides is 1. The summed E-state index contributed by atoms with van der Waals surface area (Å²) in [7, 11) is -3.74. The van der Waals surface area contributed by atoms with E-state index < -0.39 is 10.0 Å². The van der Waals surface area contributed by atoms with Gasteiger partial charge in [0.1, 0.15) is 0 Å². The van der Waals surface area contributed by atoms with Crippen LogP contribution in [-0.4, -0.2) is 20.1 Å². The zero-order chi connectivity index (χ0) is 17.6. The van der Waals surface area contributed by atoms with Crippen LogP contribution in [0.3, 0.4) is 0 Å². The number of carbonyl (C=O) groups is 1. The lowest BCUT2D eigenvalue weighted by Gasteiger charge is -2.07. The average Bonchev–Trinajstić information content (AvgIpc) is 2.52. The van der Waals surface area contributed by atoms with Crippen molar-refractivity contribution in [2.45, 2.75) is 17.2 Å². The quantitative estimate of drug-likeness (QED) is 0.767. The zero-order valence-corrected chi connectivity index (χ0v) is 15.1. The second-order valence-electron chi connectivity index (χ2n) is 5.09. The zero-order valence-electron chi connectivity index (χ0n) is 12.7. The Kier molecular flexibility index (Phi) is 6.68. The van der Waals surface area contributed by atoms with Crippen molar-refractivity contribution in [2.75, 3.05) is 5.75 Å². The van der Waals surface area contributed by atoms with Crippen molar-refractivity contribution < 1.29 is 13.2 Å². The van der Waals surface area contributed by atoms with Crippen LogP contribution in [0, 0.1) is 0 Å². The van der Waals surface area contributed by atoms with Gasteiger partial charge in [0, 0.05) is 17.3 Å². The van der Waals surface area contributed by atoms with Crippen molar-refractivity contribution in [1.29, 1.82) is 0 Å². The fraction of sp³-hybridized carbons (Fsp3) is 0.188. The molecule has 5 nitrogen and oxygen atoms in total. The molecule has 2 rings (SSSR count). The van der Waals surface area contributed by atoms with Crippen LogP contribution in [0.2, 0.25) is 5.02 Å². The molecule has 0 unspecified atom stereocenters. The summed E-state index contributed by atoms with van der Waals surface area (Å²) in [4.78, 5) is 11.9. The molecule has 0 aromatic heterocycles. The molecule has 0 saturated carbocycles. The summed E-state index contributed by atoms with van der Waals surface area (Å²) in [6, 6.07) is 13.7. The number of rotatable bonds is 7. The van der Waals surface area contributed by atoms with Crippen LogP contribution in [0.5, 0.6) is 0 Å². The van der Waals surface area contributed by atoms with E-state index in [0.717, 1.165) is 5.56 Å². The Morgan fingerprint density at radius 3 is 2.54 bits per heavy atom. The van der Waals surface area contributed by atoms with E-state index in [0.29, 0.717) is 22.1 Å². The van der Waals surface area contributed by atoms with Crippen LogP contribution in [0.15, 0.2) is 53.4 Å². The number of nitrogens with one attached hydrogen (secondary N) is 1. The lowest BCUT2D eigenvalue weighted by Crippen LogP contribution is -2.24. The molecule has 0 spiro atoms. The minimum atomic E-state index is -3.74. The number of hydrogen-bond donors (Lipinski definition) is 2. The normalized spacial score (nSPS) is 11.2. The van der Waals surface area contributed by atoms with Gasteiger partial charge in [-0.05, 0) is 35.4 Å². The molecule has 0 aliphatic carbocycles. The van der Waals surface area contributed by atoms with E-state index >= 15 is 0 Å². The number of amides is 1. The highest BCUT2D eigenvalue weighted by Crippen LogP contribution is 2.16. The number of hydrogen-bond acceptors (Lipinski definition) is 4. The molecule has 0 bridgehead atoms.